The van der Waals surface area contributed by atoms with Crippen molar-refractivity contribution in [2.24, 2.45) is 34.0 Å². The highest BCUT2D eigenvalue weighted by Crippen LogP contribution is 2.70. The van der Waals surface area contributed by atoms with E-state index in [2.05, 4.69) is 27.4 Å². The highest BCUT2D eigenvalue weighted by Gasteiger charge is 2.68. The van der Waals surface area contributed by atoms with Crippen molar-refractivity contribution in [3.05, 3.63) is 12.2 Å². The molecule has 2 heteroatoms. The van der Waals surface area contributed by atoms with Crippen LogP contribution in [0.2, 0.25) is 0 Å². The summed E-state index contributed by atoms with van der Waals surface area (Å²) >= 11 is 0. The number of aliphatic hydroxyl groups excluding tert-OH is 1. The molecule has 0 aromatic heterocycles. The van der Waals surface area contributed by atoms with E-state index in [9.17, 15) is 9.90 Å². The Morgan fingerprint density at radius 1 is 1.18 bits per heavy atom. The normalized spacial score (nSPS) is 53.1. The third kappa shape index (κ3) is 1.58. The molecule has 0 aliphatic heterocycles. The van der Waals surface area contributed by atoms with E-state index >= 15 is 0 Å². The van der Waals surface area contributed by atoms with Crippen LogP contribution in [-0.4, -0.2) is 17.0 Å². The van der Waals surface area contributed by atoms with Crippen molar-refractivity contribution < 1.29 is 9.90 Å². The smallest absolute Gasteiger partial charge is 0.165 e. The maximum absolute atomic E-state index is 13.1. The minimum absolute atomic E-state index is 0.116. The highest BCUT2D eigenvalue weighted by molar-refractivity contribution is 6.03. The van der Waals surface area contributed by atoms with E-state index in [4.69, 9.17) is 0 Å². The van der Waals surface area contributed by atoms with Gasteiger partial charge in [0.1, 0.15) is 0 Å². The lowest BCUT2D eigenvalue weighted by atomic mass is 9.40. The van der Waals surface area contributed by atoms with E-state index in [1.807, 2.05) is 0 Å². The number of carbonyl (C=O) groups excluding carboxylic acids is 1. The fourth-order valence-electron chi connectivity index (χ4n) is 7.55. The van der Waals surface area contributed by atoms with Gasteiger partial charge in [0, 0.05) is 11.3 Å². The van der Waals surface area contributed by atoms with E-state index < -0.39 is 0 Å². The van der Waals surface area contributed by atoms with Gasteiger partial charge in [-0.1, -0.05) is 33.8 Å². The summed E-state index contributed by atoms with van der Waals surface area (Å²) in [6, 6.07) is 0. The van der Waals surface area contributed by atoms with Gasteiger partial charge in [0.2, 0.25) is 0 Å². The predicted molar refractivity (Wildman–Crippen MR) is 87.3 cm³/mol. The molecule has 1 spiro atoms. The minimum Gasteiger partial charge on any atom is -0.393 e. The van der Waals surface area contributed by atoms with E-state index in [0.717, 1.165) is 31.3 Å². The van der Waals surface area contributed by atoms with Crippen LogP contribution in [0.1, 0.15) is 65.7 Å². The Morgan fingerprint density at radius 2 is 1.91 bits per heavy atom. The summed E-state index contributed by atoms with van der Waals surface area (Å²) in [5, 5.41) is 11.0. The van der Waals surface area contributed by atoms with Crippen LogP contribution in [-0.2, 0) is 4.79 Å². The van der Waals surface area contributed by atoms with E-state index in [1.54, 1.807) is 0 Å². The fraction of sp³-hybridized carbons (Fsp3) is 0.850. The Morgan fingerprint density at radius 3 is 2.64 bits per heavy atom. The summed E-state index contributed by atoms with van der Waals surface area (Å²) in [5.41, 5.74) is 0.991. The van der Waals surface area contributed by atoms with Gasteiger partial charge in [-0.2, -0.15) is 0 Å². The zero-order valence-electron chi connectivity index (χ0n) is 14.3. The number of Topliss-reactive ketones (excluding diaryl/α,β-unsaturated/α-hetero) is 1. The molecule has 4 rings (SSSR count). The second kappa shape index (κ2) is 4.26. The Balaban J connectivity index is 1.83. The Labute approximate surface area is 134 Å². The van der Waals surface area contributed by atoms with Gasteiger partial charge >= 0.3 is 0 Å². The number of hydrogen-bond donors (Lipinski definition) is 1. The third-order valence-electron chi connectivity index (χ3n) is 8.22. The molecule has 2 nitrogen and oxygen atoms in total. The molecule has 122 valence electrons. The number of rotatable bonds is 0. The summed E-state index contributed by atoms with van der Waals surface area (Å²) in [6.07, 6.45) is 7.24. The Bertz CT molecular complexity index is 548. The third-order valence-corrected chi connectivity index (χ3v) is 8.22. The van der Waals surface area contributed by atoms with Gasteiger partial charge < -0.3 is 5.11 Å². The molecular weight excluding hydrogens is 272 g/mol. The molecule has 0 aromatic carbocycles. The number of carbonyl (C=O) groups is 1. The van der Waals surface area contributed by atoms with Crippen LogP contribution in [0.5, 0.6) is 0 Å². The molecular formula is C20H30O2. The van der Waals surface area contributed by atoms with Crippen LogP contribution in [0.25, 0.3) is 0 Å². The van der Waals surface area contributed by atoms with E-state index in [-0.39, 0.29) is 28.8 Å². The zero-order chi connectivity index (χ0) is 15.9. The van der Waals surface area contributed by atoms with Crippen molar-refractivity contribution in [3.8, 4) is 0 Å². The molecule has 22 heavy (non-hydrogen) atoms. The lowest BCUT2D eigenvalue weighted by molar-refractivity contribution is -0.187. The van der Waals surface area contributed by atoms with Crippen LogP contribution in [0.15, 0.2) is 12.2 Å². The summed E-state index contributed by atoms with van der Waals surface area (Å²) in [4.78, 5) is 13.1. The average Bonchev–Trinajstić information content (AvgIpc) is 2.59. The van der Waals surface area contributed by atoms with Crippen LogP contribution in [0.3, 0.4) is 0 Å². The van der Waals surface area contributed by atoms with Crippen LogP contribution >= 0.6 is 0 Å². The van der Waals surface area contributed by atoms with Crippen LogP contribution in [0.4, 0.5) is 0 Å². The first kappa shape index (κ1) is 14.9. The largest absolute Gasteiger partial charge is 0.393 e. The van der Waals surface area contributed by atoms with Gasteiger partial charge in [-0.25, -0.2) is 0 Å². The molecule has 2 bridgehead atoms. The van der Waals surface area contributed by atoms with Crippen LogP contribution < -0.4 is 0 Å². The molecule has 4 fully saturated rings. The zero-order valence-corrected chi connectivity index (χ0v) is 14.3. The number of fused-ring (bicyclic) bond motifs is 3. The number of ketones is 1. The Hall–Kier alpha value is -0.630. The van der Waals surface area contributed by atoms with Crippen LogP contribution in [0, 0.1) is 34.0 Å². The van der Waals surface area contributed by atoms with Crippen molar-refractivity contribution in [1.82, 2.24) is 0 Å². The monoisotopic (exact) mass is 302 g/mol. The first-order chi connectivity index (χ1) is 10.2. The minimum atomic E-state index is -0.316. The second-order valence-corrected chi connectivity index (χ2v) is 9.63. The van der Waals surface area contributed by atoms with Crippen molar-refractivity contribution >= 4 is 5.78 Å². The molecule has 0 radical (unpaired) electrons. The molecule has 4 aliphatic carbocycles. The second-order valence-electron chi connectivity index (χ2n) is 9.63. The SMILES string of the molecule is C=C1C(=O)[C@@]23CC[C@@H]4C(C)(C)CCC[C@@]4(C)[C@@H]2[C@@H](O)C[C@@H]1C3. The summed E-state index contributed by atoms with van der Waals surface area (Å²) in [5.74, 6) is 1.34. The Kier molecular flexibility index (Phi) is 2.89. The fourth-order valence-corrected chi connectivity index (χ4v) is 7.55. The van der Waals surface area contributed by atoms with Crippen molar-refractivity contribution in [1.29, 1.82) is 0 Å². The summed E-state index contributed by atoms with van der Waals surface area (Å²) in [7, 11) is 0. The van der Waals surface area contributed by atoms with Gasteiger partial charge in [-0.05, 0) is 66.8 Å². The summed E-state index contributed by atoms with van der Waals surface area (Å²) in [6.45, 7) is 11.3. The highest BCUT2D eigenvalue weighted by atomic mass is 16.3. The van der Waals surface area contributed by atoms with Gasteiger partial charge in [0.05, 0.1) is 6.10 Å². The summed E-state index contributed by atoms with van der Waals surface area (Å²) < 4.78 is 0. The molecule has 0 heterocycles. The molecule has 0 saturated heterocycles. The molecule has 0 aromatic rings. The van der Waals surface area contributed by atoms with Gasteiger partial charge in [-0.3, -0.25) is 4.79 Å². The first-order valence-corrected chi connectivity index (χ1v) is 9.14. The lowest BCUT2D eigenvalue weighted by Crippen LogP contribution is -2.61. The molecule has 1 N–H and O–H groups in total. The average molecular weight is 302 g/mol. The number of hydrogen-bond acceptors (Lipinski definition) is 2. The van der Waals surface area contributed by atoms with E-state index in [1.165, 1.54) is 19.3 Å². The lowest BCUT2D eigenvalue weighted by Gasteiger charge is -2.64. The van der Waals surface area contributed by atoms with E-state index in [0.29, 0.717) is 17.1 Å². The van der Waals surface area contributed by atoms with Gasteiger partial charge in [0.25, 0.3) is 0 Å². The van der Waals surface area contributed by atoms with Crippen molar-refractivity contribution in [3.63, 3.8) is 0 Å². The molecule has 0 amide bonds. The van der Waals surface area contributed by atoms with Gasteiger partial charge in [0.15, 0.2) is 5.78 Å². The van der Waals surface area contributed by atoms with Crippen molar-refractivity contribution in [2.45, 2.75) is 71.8 Å². The topological polar surface area (TPSA) is 37.3 Å². The number of aliphatic hydroxyl groups is 1. The first-order valence-electron chi connectivity index (χ1n) is 9.14. The standard InChI is InChI=1S/C20H30O2/c1-12-13-10-14(21)16-19(4)8-5-7-18(2,3)15(19)6-9-20(16,11-13)17(12)22/h13-16,21H,1,5-11H2,2-4H3/t13-,14+,15-,16+,19-,20-/m1/s1. The van der Waals surface area contributed by atoms with Gasteiger partial charge in [-0.15, -0.1) is 0 Å². The maximum atomic E-state index is 13.1. The quantitative estimate of drug-likeness (QED) is 0.683. The maximum Gasteiger partial charge on any atom is 0.165 e. The molecule has 0 unspecified atom stereocenters. The van der Waals surface area contributed by atoms with Crippen molar-refractivity contribution in [2.75, 3.05) is 0 Å². The molecule has 6 atom stereocenters. The number of allylic oxidation sites excluding steroid dienone is 1. The molecule has 4 saturated carbocycles. The molecule has 4 aliphatic rings. The predicted octanol–water partition coefficient (Wildman–Crippen LogP) is 4.13.